The molecule has 0 amide bonds. The maximum absolute atomic E-state index is 14.7. The Morgan fingerprint density at radius 2 is 1.26 bits per heavy atom. The highest BCUT2D eigenvalue weighted by molar-refractivity contribution is 7.55. The van der Waals surface area contributed by atoms with Crippen LogP contribution in [-0.2, 0) is 26.8 Å². The standard InChI is InChI=1S/C18H21F2O6P/c19-18(20,17(22,23)11-12-21)27(24,25-13-15-7-3-1-4-8-15)26-14-16-9-5-2-6-10-16/h1-10,21-23H,11-14H2. The summed E-state index contributed by atoms with van der Waals surface area (Å²) in [5.41, 5.74) is -3.78. The van der Waals surface area contributed by atoms with Gasteiger partial charge < -0.3 is 15.3 Å². The van der Waals surface area contributed by atoms with E-state index in [0.29, 0.717) is 11.1 Å². The Morgan fingerprint density at radius 3 is 1.63 bits per heavy atom. The third kappa shape index (κ3) is 5.19. The van der Waals surface area contributed by atoms with E-state index in [0.717, 1.165) is 0 Å². The van der Waals surface area contributed by atoms with E-state index in [1.807, 2.05) is 0 Å². The molecule has 0 radical (unpaired) electrons. The molecule has 0 aliphatic rings. The molecule has 0 unspecified atom stereocenters. The molecule has 2 aromatic carbocycles. The van der Waals surface area contributed by atoms with Gasteiger partial charge in [-0.25, -0.2) is 0 Å². The summed E-state index contributed by atoms with van der Waals surface area (Å²) in [5.74, 6) is -3.77. The van der Waals surface area contributed by atoms with Crippen molar-refractivity contribution in [2.45, 2.75) is 31.1 Å². The van der Waals surface area contributed by atoms with Crippen LogP contribution in [0.5, 0.6) is 0 Å². The summed E-state index contributed by atoms with van der Waals surface area (Å²) in [6, 6.07) is 16.2. The summed E-state index contributed by atoms with van der Waals surface area (Å²) in [6.07, 6.45) is -1.13. The monoisotopic (exact) mass is 402 g/mol. The SMILES string of the molecule is O=P(OCc1ccccc1)(OCc1ccccc1)C(F)(F)C(O)(O)CCO. The van der Waals surface area contributed by atoms with E-state index < -0.39 is 45.3 Å². The Morgan fingerprint density at radius 1 is 0.852 bits per heavy atom. The highest BCUT2D eigenvalue weighted by atomic mass is 31.2. The Bertz CT molecular complexity index is 707. The van der Waals surface area contributed by atoms with Crippen LogP contribution in [0.4, 0.5) is 8.78 Å². The second kappa shape index (κ2) is 9.01. The van der Waals surface area contributed by atoms with Crippen LogP contribution in [0.25, 0.3) is 0 Å². The minimum Gasteiger partial charge on any atom is -0.396 e. The molecule has 2 rings (SSSR count). The second-order valence-corrected chi connectivity index (χ2v) is 7.92. The molecule has 2 aromatic rings. The summed E-state index contributed by atoms with van der Waals surface area (Å²) in [7, 11) is -5.35. The van der Waals surface area contributed by atoms with Crippen molar-refractivity contribution in [3.63, 3.8) is 0 Å². The smallest absolute Gasteiger partial charge is 0.396 e. The van der Waals surface area contributed by atoms with Gasteiger partial charge in [0, 0.05) is 13.0 Å². The molecule has 0 fully saturated rings. The maximum atomic E-state index is 14.7. The molecule has 0 aliphatic carbocycles. The first-order valence-corrected chi connectivity index (χ1v) is 9.66. The van der Waals surface area contributed by atoms with Gasteiger partial charge in [0.2, 0.25) is 5.79 Å². The quantitative estimate of drug-likeness (QED) is 0.417. The van der Waals surface area contributed by atoms with Crippen molar-refractivity contribution in [3.8, 4) is 0 Å². The van der Waals surface area contributed by atoms with Crippen molar-refractivity contribution < 1.29 is 37.7 Å². The van der Waals surface area contributed by atoms with E-state index in [4.69, 9.17) is 14.2 Å². The first kappa shape index (κ1) is 21.6. The lowest BCUT2D eigenvalue weighted by atomic mass is 10.2. The maximum Gasteiger partial charge on any atom is 0.406 e. The third-order valence-electron chi connectivity index (χ3n) is 3.77. The predicted molar refractivity (Wildman–Crippen MR) is 93.9 cm³/mol. The first-order valence-electron chi connectivity index (χ1n) is 8.12. The van der Waals surface area contributed by atoms with Gasteiger partial charge in [0.25, 0.3) is 0 Å². The lowest BCUT2D eigenvalue weighted by Gasteiger charge is -2.34. The number of hydrogen-bond donors (Lipinski definition) is 3. The molecule has 0 aliphatic heterocycles. The van der Waals surface area contributed by atoms with Crippen LogP contribution >= 0.6 is 7.60 Å². The molecule has 6 nitrogen and oxygen atoms in total. The molecular formula is C18H21F2O6P. The van der Waals surface area contributed by atoms with Crippen molar-refractivity contribution in [1.82, 2.24) is 0 Å². The molecule has 0 saturated heterocycles. The second-order valence-electron chi connectivity index (χ2n) is 5.85. The molecule has 27 heavy (non-hydrogen) atoms. The van der Waals surface area contributed by atoms with E-state index in [9.17, 15) is 23.6 Å². The average molecular weight is 402 g/mol. The van der Waals surface area contributed by atoms with Gasteiger partial charge in [0.15, 0.2) is 0 Å². The number of aliphatic hydroxyl groups excluding tert-OH is 1. The van der Waals surface area contributed by atoms with Crippen molar-refractivity contribution in [3.05, 3.63) is 71.8 Å². The Labute approximate surface area is 155 Å². The molecule has 0 heterocycles. The molecule has 3 N–H and O–H groups in total. The number of benzene rings is 2. The van der Waals surface area contributed by atoms with Crippen LogP contribution in [-0.4, -0.2) is 33.4 Å². The Hall–Kier alpha value is -1.67. The number of hydrogen-bond acceptors (Lipinski definition) is 6. The molecule has 0 bridgehead atoms. The van der Waals surface area contributed by atoms with Gasteiger partial charge in [0.05, 0.1) is 13.2 Å². The molecule has 0 atom stereocenters. The highest BCUT2D eigenvalue weighted by Gasteiger charge is 2.67. The van der Waals surface area contributed by atoms with E-state index in [1.54, 1.807) is 60.7 Å². The van der Waals surface area contributed by atoms with Crippen LogP contribution in [0.15, 0.2) is 60.7 Å². The minimum atomic E-state index is -5.35. The minimum absolute atomic E-state index is 0.445. The molecule has 148 valence electrons. The fraction of sp³-hybridized carbons (Fsp3) is 0.333. The average Bonchev–Trinajstić information content (AvgIpc) is 2.66. The van der Waals surface area contributed by atoms with Crippen molar-refractivity contribution in [2.75, 3.05) is 6.61 Å². The van der Waals surface area contributed by atoms with Crippen LogP contribution in [0, 0.1) is 0 Å². The van der Waals surface area contributed by atoms with Gasteiger partial charge in [-0.1, -0.05) is 60.7 Å². The first-order chi connectivity index (χ1) is 12.7. The predicted octanol–water partition coefficient (Wildman–Crippen LogP) is 3.27. The Kier molecular flexibility index (Phi) is 7.22. The number of aliphatic hydroxyl groups is 3. The summed E-state index contributed by atoms with van der Waals surface area (Å²) in [4.78, 5) is 0. The van der Waals surface area contributed by atoms with Crippen molar-refractivity contribution >= 4 is 7.60 Å². The zero-order chi connectivity index (χ0) is 20.0. The zero-order valence-electron chi connectivity index (χ0n) is 14.4. The summed E-state index contributed by atoms with van der Waals surface area (Å²) < 4.78 is 52.2. The van der Waals surface area contributed by atoms with Gasteiger partial charge >= 0.3 is 13.3 Å². The molecule has 0 aromatic heterocycles. The van der Waals surface area contributed by atoms with E-state index in [2.05, 4.69) is 0 Å². The van der Waals surface area contributed by atoms with Gasteiger partial charge in [-0.05, 0) is 11.1 Å². The van der Waals surface area contributed by atoms with Crippen molar-refractivity contribution in [1.29, 1.82) is 0 Å². The van der Waals surface area contributed by atoms with Gasteiger partial charge in [0.1, 0.15) is 0 Å². The van der Waals surface area contributed by atoms with E-state index >= 15 is 0 Å². The molecule has 9 heteroatoms. The number of halogens is 2. The topological polar surface area (TPSA) is 96.2 Å². The summed E-state index contributed by atoms with van der Waals surface area (Å²) in [5, 5.41) is 28.2. The van der Waals surface area contributed by atoms with Crippen LogP contribution in [0.3, 0.4) is 0 Å². The number of rotatable bonds is 10. The largest absolute Gasteiger partial charge is 0.406 e. The molecule has 0 saturated carbocycles. The highest BCUT2D eigenvalue weighted by Crippen LogP contribution is 2.66. The van der Waals surface area contributed by atoms with Crippen molar-refractivity contribution in [2.24, 2.45) is 0 Å². The van der Waals surface area contributed by atoms with Crippen LogP contribution in [0.2, 0.25) is 0 Å². The molecule has 0 spiro atoms. The van der Waals surface area contributed by atoms with E-state index in [-0.39, 0.29) is 0 Å². The lowest BCUT2D eigenvalue weighted by molar-refractivity contribution is -0.272. The van der Waals surface area contributed by atoms with Crippen LogP contribution < -0.4 is 0 Å². The lowest BCUT2D eigenvalue weighted by Crippen LogP contribution is -2.49. The molecular weight excluding hydrogens is 381 g/mol. The number of alkyl halides is 2. The summed E-state index contributed by atoms with van der Waals surface area (Å²) >= 11 is 0. The normalized spacial score (nSPS) is 12.9. The van der Waals surface area contributed by atoms with Gasteiger partial charge in [-0.15, -0.1) is 0 Å². The Balaban J connectivity index is 2.27. The third-order valence-corrected chi connectivity index (χ3v) is 5.76. The van der Waals surface area contributed by atoms with Gasteiger partial charge in [-0.3, -0.25) is 13.6 Å². The zero-order valence-corrected chi connectivity index (χ0v) is 15.3. The fourth-order valence-electron chi connectivity index (χ4n) is 2.19. The van der Waals surface area contributed by atoms with Crippen LogP contribution in [0.1, 0.15) is 17.5 Å². The van der Waals surface area contributed by atoms with Gasteiger partial charge in [-0.2, -0.15) is 8.78 Å². The summed E-state index contributed by atoms with van der Waals surface area (Å²) in [6.45, 7) is -1.94. The fourth-order valence-corrected chi connectivity index (χ4v) is 3.78. The van der Waals surface area contributed by atoms with E-state index in [1.165, 1.54) is 0 Å².